The van der Waals surface area contributed by atoms with E-state index in [1.807, 2.05) is 24.3 Å². The van der Waals surface area contributed by atoms with Gasteiger partial charge >= 0.3 is 0 Å². The standard InChI is InChI=1S/C14H20N2O3/c1-4-13(17)15-16-14(18)9-19-12-8-6-5-7-11(12)10(2)3/h5-8,10H,4,9H2,1-3H3,(H,15,17)(H,16,18). The maximum atomic E-state index is 11.5. The van der Waals surface area contributed by atoms with Crippen LogP contribution in [-0.4, -0.2) is 18.4 Å². The topological polar surface area (TPSA) is 67.4 Å². The summed E-state index contributed by atoms with van der Waals surface area (Å²) in [5, 5.41) is 0. The predicted molar refractivity (Wildman–Crippen MR) is 72.6 cm³/mol. The molecule has 0 saturated carbocycles. The third-order valence-electron chi connectivity index (χ3n) is 2.56. The van der Waals surface area contributed by atoms with Gasteiger partial charge in [-0.15, -0.1) is 0 Å². The maximum Gasteiger partial charge on any atom is 0.276 e. The molecule has 0 radical (unpaired) electrons. The fourth-order valence-electron chi connectivity index (χ4n) is 1.50. The molecule has 2 N–H and O–H groups in total. The van der Waals surface area contributed by atoms with E-state index in [1.165, 1.54) is 0 Å². The number of nitrogens with one attached hydrogen (secondary N) is 2. The molecule has 0 aliphatic heterocycles. The highest BCUT2D eigenvalue weighted by Crippen LogP contribution is 2.25. The van der Waals surface area contributed by atoms with Crippen molar-refractivity contribution in [2.75, 3.05) is 6.61 Å². The minimum absolute atomic E-state index is 0.131. The zero-order valence-corrected chi connectivity index (χ0v) is 11.5. The Labute approximate surface area is 113 Å². The van der Waals surface area contributed by atoms with Gasteiger partial charge in [-0.2, -0.15) is 0 Å². The van der Waals surface area contributed by atoms with E-state index in [0.717, 1.165) is 5.56 Å². The van der Waals surface area contributed by atoms with Crippen molar-refractivity contribution in [3.05, 3.63) is 29.8 Å². The number of ether oxygens (including phenoxy) is 1. The molecule has 0 heterocycles. The lowest BCUT2D eigenvalue weighted by Gasteiger charge is -2.13. The van der Waals surface area contributed by atoms with E-state index in [1.54, 1.807) is 6.92 Å². The number of carbonyl (C=O) groups is 2. The van der Waals surface area contributed by atoms with Gasteiger partial charge in [0, 0.05) is 6.42 Å². The summed E-state index contributed by atoms with van der Waals surface area (Å²) in [5.74, 6) is 0.379. The van der Waals surface area contributed by atoms with Gasteiger partial charge in [0.2, 0.25) is 5.91 Å². The average molecular weight is 264 g/mol. The number of benzene rings is 1. The quantitative estimate of drug-likeness (QED) is 0.796. The summed E-state index contributed by atoms with van der Waals surface area (Å²) in [7, 11) is 0. The number of carbonyl (C=O) groups excluding carboxylic acids is 2. The van der Waals surface area contributed by atoms with Crippen molar-refractivity contribution in [1.29, 1.82) is 0 Å². The van der Waals surface area contributed by atoms with Crippen molar-refractivity contribution in [2.24, 2.45) is 0 Å². The lowest BCUT2D eigenvalue weighted by Crippen LogP contribution is -2.43. The van der Waals surface area contributed by atoms with E-state index in [9.17, 15) is 9.59 Å². The third kappa shape index (κ3) is 4.99. The summed E-state index contributed by atoms with van der Waals surface area (Å²) < 4.78 is 5.46. The van der Waals surface area contributed by atoms with Crippen molar-refractivity contribution in [3.63, 3.8) is 0 Å². The van der Waals surface area contributed by atoms with Crippen LogP contribution in [0.5, 0.6) is 5.75 Å². The summed E-state index contributed by atoms with van der Waals surface area (Å²) in [4.78, 5) is 22.4. The Morgan fingerprint density at radius 3 is 2.42 bits per heavy atom. The summed E-state index contributed by atoms with van der Waals surface area (Å²) in [6, 6.07) is 7.59. The highest BCUT2D eigenvalue weighted by molar-refractivity contribution is 5.82. The van der Waals surface area contributed by atoms with Crippen LogP contribution in [-0.2, 0) is 9.59 Å². The Balaban J connectivity index is 2.48. The fourth-order valence-corrected chi connectivity index (χ4v) is 1.50. The molecule has 0 bridgehead atoms. The Hall–Kier alpha value is -2.04. The van der Waals surface area contributed by atoms with Crippen LogP contribution in [0.2, 0.25) is 0 Å². The molecule has 0 aromatic heterocycles. The molecule has 1 aromatic rings. The van der Waals surface area contributed by atoms with E-state index in [0.29, 0.717) is 18.1 Å². The van der Waals surface area contributed by atoms with Gasteiger partial charge in [0.25, 0.3) is 5.91 Å². The number of hydrogen-bond acceptors (Lipinski definition) is 3. The first-order chi connectivity index (χ1) is 9.04. The Morgan fingerprint density at radius 1 is 1.16 bits per heavy atom. The smallest absolute Gasteiger partial charge is 0.276 e. The number of hydrogen-bond donors (Lipinski definition) is 2. The molecule has 0 aliphatic rings. The van der Waals surface area contributed by atoms with Crippen molar-refractivity contribution in [3.8, 4) is 5.75 Å². The molecule has 5 nitrogen and oxygen atoms in total. The van der Waals surface area contributed by atoms with Crippen LogP contribution >= 0.6 is 0 Å². The number of hydrazine groups is 1. The van der Waals surface area contributed by atoms with Gasteiger partial charge in [0.15, 0.2) is 6.61 Å². The third-order valence-corrected chi connectivity index (χ3v) is 2.56. The second kappa shape index (κ2) is 7.41. The molecule has 0 saturated heterocycles. The molecule has 1 aromatic carbocycles. The molecule has 104 valence electrons. The van der Waals surface area contributed by atoms with Crippen molar-refractivity contribution in [2.45, 2.75) is 33.1 Å². The Morgan fingerprint density at radius 2 is 1.79 bits per heavy atom. The van der Waals surface area contributed by atoms with Gasteiger partial charge in [-0.05, 0) is 17.5 Å². The number of para-hydroxylation sites is 1. The molecule has 0 unspecified atom stereocenters. The van der Waals surface area contributed by atoms with Gasteiger partial charge in [-0.3, -0.25) is 20.4 Å². The molecule has 2 amide bonds. The van der Waals surface area contributed by atoms with Gasteiger partial charge in [0.1, 0.15) is 5.75 Å². The van der Waals surface area contributed by atoms with Crippen molar-refractivity contribution >= 4 is 11.8 Å². The summed E-state index contributed by atoms with van der Waals surface area (Å²) in [6.07, 6.45) is 0.317. The van der Waals surface area contributed by atoms with E-state index in [-0.39, 0.29) is 18.4 Å². The molecule has 0 aliphatic carbocycles. The minimum atomic E-state index is -0.389. The molecule has 0 spiro atoms. The minimum Gasteiger partial charge on any atom is -0.483 e. The first kappa shape index (κ1) is 15.0. The molecule has 19 heavy (non-hydrogen) atoms. The second-order valence-electron chi connectivity index (χ2n) is 4.43. The van der Waals surface area contributed by atoms with Crippen LogP contribution < -0.4 is 15.6 Å². The van der Waals surface area contributed by atoms with Crippen molar-refractivity contribution < 1.29 is 14.3 Å². The number of amides is 2. The molecule has 0 atom stereocenters. The Kier molecular flexibility index (Phi) is 5.85. The van der Waals surface area contributed by atoms with Gasteiger partial charge in [-0.25, -0.2) is 0 Å². The Bertz CT molecular complexity index is 444. The largest absolute Gasteiger partial charge is 0.483 e. The summed E-state index contributed by atoms with van der Waals surface area (Å²) in [5.41, 5.74) is 5.63. The monoisotopic (exact) mass is 264 g/mol. The molecule has 1 rings (SSSR count). The first-order valence-corrected chi connectivity index (χ1v) is 6.34. The van der Waals surface area contributed by atoms with Crippen LogP contribution in [0.4, 0.5) is 0 Å². The van der Waals surface area contributed by atoms with E-state index in [2.05, 4.69) is 24.7 Å². The first-order valence-electron chi connectivity index (χ1n) is 6.34. The highest BCUT2D eigenvalue weighted by Gasteiger charge is 2.09. The number of rotatable bonds is 5. The lowest BCUT2D eigenvalue weighted by molar-refractivity contribution is -0.129. The SMILES string of the molecule is CCC(=O)NNC(=O)COc1ccccc1C(C)C. The second-order valence-corrected chi connectivity index (χ2v) is 4.43. The maximum absolute atomic E-state index is 11.5. The molecule has 5 heteroatoms. The lowest BCUT2D eigenvalue weighted by atomic mass is 10.0. The van der Waals surface area contributed by atoms with E-state index >= 15 is 0 Å². The fraction of sp³-hybridized carbons (Fsp3) is 0.429. The summed E-state index contributed by atoms with van der Waals surface area (Å²) in [6.45, 7) is 5.69. The summed E-state index contributed by atoms with van der Waals surface area (Å²) >= 11 is 0. The van der Waals surface area contributed by atoms with E-state index < -0.39 is 0 Å². The van der Waals surface area contributed by atoms with Crippen LogP contribution in [0, 0.1) is 0 Å². The predicted octanol–water partition coefficient (Wildman–Crippen LogP) is 1.75. The van der Waals surface area contributed by atoms with Gasteiger partial charge in [-0.1, -0.05) is 39.0 Å². The highest BCUT2D eigenvalue weighted by atomic mass is 16.5. The zero-order chi connectivity index (χ0) is 14.3. The van der Waals surface area contributed by atoms with Gasteiger partial charge < -0.3 is 4.74 Å². The average Bonchev–Trinajstić information content (AvgIpc) is 2.42. The van der Waals surface area contributed by atoms with Crippen LogP contribution in [0.3, 0.4) is 0 Å². The molecular formula is C14H20N2O3. The normalized spacial score (nSPS) is 10.1. The van der Waals surface area contributed by atoms with Crippen LogP contribution in [0.15, 0.2) is 24.3 Å². The van der Waals surface area contributed by atoms with Crippen LogP contribution in [0.25, 0.3) is 0 Å². The van der Waals surface area contributed by atoms with Crippen LogP contribution in [0.1, 0.15) is 38.7 Å². The van der Waals surface area contributed by atoms with Gasteiger partial charge in [0.05, 0.1) is 0 Å². The van der Waals surface area contributed by atoms with Crippen molar-refractivity contribution in [1.82, 2.24) is 10.9 Å². The molecular weight excluding hydrogens is 244 g/mol. The van der Waals surface area contributed by atoms with E-state index in [4.69, 9.17) is 4.74 Å². The zero-order valence-electron chi connectivity index (χ0n) is 11.5. The molecule has 0 fully saturated rings.